The smallest absolute Gasteiger partial charge is 0.214 e. The lowest BCUT2D eigenvalue weighted by Crippen LogP contribution is -2.20. The fourth-order valence-corrected chi connectivity index (χ4v) is 4.15. The topological polar surface area (TPSA) is 71.8 Å². The van der Waals surface area contributed by atoms with Crippen LogP contribution in [0.5, 0.6) is 0 Å². The van der Waals surface area contributed by atoms with E-state index in [-0.39, 0.29) is 5.43 Å². The number of pyridine rings is 3. The highest BCUT2D eigenvalue weighted by Crippen LogP contribution is 2.25. The average Bonchev–Trinajstić information content (AvgIpc) is 3.19. The molecule has 1 aliphatic carbocycles. The van der Waals surface area contributed by atoms with Crippen LogP contribution in [0, 0.1) is 0 Å². The first kappa shape index (κ1) is 18.4. The Morgan fingerprint density at radius 2 is 1.83 bits per heavy atom. The molecule has 0 saturated carbocycles. The molecule has 0 atom stereocenters. The van der Waals surface area contributed by atoms with Crippen molar-refractivity contribution in [3.8, 4) is 0 Å². The maximum atomic E-state index is 13.2. The average molecular weight is 397 g/mol. The van der Waals surface area contributed by atoms with E-state index in [4.69, 9.17) is 0 Å². The molecule has 0 fully saturated rings. The molecular weight excluding hydrogens is 374 g/mol. The molecule has 6 nitrogen and oxygen atoms in total. The Morgan fingerprint density at radius 1 is 1.07 bits per heavy atom. The van der Waals surface area contributed by atoms with Crippen LogP contribution in [0.3, 0.4) is 0 Å². The van der Waals surface area contributed by atoms with Gasteiger partial charge in [0.2, 0.25) is 5.43 Å². The number of hydrogen-bond acceptors (Lipinski definition) is 5. The van der Waals surface area contributed by atoms with Gasteiger partial charge in [0, 0.05) is 25.0 Å². The molecule has 5 rings (SSSR count). The molecule has 4 aromatic rings. The van der Waals surface area contributed by atoms with E-state index >= 15 is 0 Å². The zero-order valence-corrected chi connectivity index (χ0v) is 16.8. The van der Waals surface area contributed by atoms with Gasteiger partial charge in [0.05, 0.1) is 17.3 Å². The van der Waals surface area contributed by atoms with Crippen LogP contribution in [0.1, 0.15) is 18.1 Å². The summed E-state index contributed by atoms with van der Waals surface area (Å²) in [6.07, 6.45) is 7.30. The van der Waals surface area contributed by atoms with Gasteiger partial charge < -0.3 is 15.2 Å². The number of rotatable bonds is 5. The van der Waals surface area contributed by atoms with Crippen LogP contribution in [0.4, 0.5) is 17.2 Å². The molecule has 0 aliphatic heterocycles. The maximum Gasteiger partial charge on any atom is 0.214 e. The summed E-state index contributed by atoms with van der Waals surface area (Å²) in [5.41, 5.74) is 4.75. The lowest BCUT2D eigenvalue weighted by molar-refractivity contribution is 0.769. The van der Waals surface area contributed by atoms with Crippen LogP contribution in [0.2, 0.25) is 0 Å². The van der Waals surface area contributed by atoms with Gasteiger partial charge in [-0.1, -0.05) is 30.3 Å². The van der Waals surface area contributed by atoms with Gasteiger partial charge in [0.25, 0.3) is 0 Å². The van der Waals surface area contributed by atoms with Crippen LogP contribution >= 0.6 is 0 Å². The predicted molar refractivity (Wildman–Crippen MR) is 120 cm³/mol. The second-order valence-corrected chi connectivity index (χ2v) is 7.61. The van der Waals surface area contributed by atoms with Gasteiger partial charge in [0.15, 0.2) is 0 Å². The molecule has 0 bridgehead atoms. The minimum Gasteiger partial charge on any atom is -0.380 e. The van der Waals surface area contributed by atoms with Crippen LogP contribution in [-0.4, -0.2) is 20.6 Å². The Hall–Kier alpha value is -3.67. The summed E-state index contributed by atoms with van der Waals surface area (Å²) < 4.78 is 1.98. The van der Waals surface area contributed by atoms with Crippen molar-refractivity contribution in [2.75, 3.05) is 10.6 Å². The number of aryl methyl sites for hydroxylation is 1. The summed E-state index contributed by atoms with van der Waals surface area (Å²) in [6, 6.07) is 16.3. The van der Waals surface area contributed by atoms with Crippen molar-refractivity contribution in [2.24, 2.45) is 0 Å². The summed E-state index contributed by atoms with van der Waals surface area (Å²) in [6.45, 7) is 2.75. The van der Waals surface area contributed by atoms with Crippen molar-refractivity contribution < 1.29 is 0 Å². The molecule has 0 unspecified atom stereocenters. The van der Waals surface area contributed by atoms with E-state index in [1.165, 1.54) is 11.1 Å². The molecule has 0 saturated heterocycles. The summed E-state index contributed by atoms with van der Waals surface area (Å²) in [5.74, 6) is 0.641. The van der Waals surface area contributed by atoms with Crippen molar-refractivity contribution in [1.29, 1.82) is 0 Å². The lowest BCUT2D eigenvalue weighted by atomic mass is 10.1. The molecular formula is C24H23N5O. The maximum absolute atomic E-state index is 13.2. The first-order chi connectivity index (χ1) is 14.7. The minimum atomic E-state index is -0.0776. The van der Waals surface area contributed by atoms with Crippen molar-refractivity contribution in [1.82, 2.24) is 14.5 Å². The van der Waals surface area contributed by atoms with E-state index in [0.717, 1.165) is 18.5 Å². The number of fused-ring (bicyclic) bond motifs is 2. The molecule has 3 heterocycles. The highest BCUT2D eigenvalue weighted by atomic mass is 16.1. The largest absolute Gasteiger partial charge is 0.380 e. The highest BCUT2D eigenvalue weighted by molar-refractivity contribution is 5.82. The Balaban J connectivity index is 1.48. The molecule has 150 valence electrons. The second kappa shape index (κ2) is 7.63. The monoisotopic (exact) mass is 397 g/mol. The Kier molecular flexibility index (Phi) is 4.67. The molecule has 0 radical (unpaired) electrons. The van der Waals surface area contributed by atoms with E-state index in [0.29, 0.717) is 35.1 Å². The highest BCUT2D eigenvalue weighted by Gasteiger charge is 2.21. The number of anilines is 3. The van der Waals surface area contributed by atoms with Crippen molar-refractivity contribution in [2.45, 2.75) is 32.4 Å². The van der Waals surface area contributed by atoms with E-state index in [9.17, 15) is 4.79 Å². The fraction of sp³-hybridized carbons (Fsp3) is 0.208. The molecule has 30 heavy (non-hydrogen) atoms. The van der Waals surface area contributed by atoms with Crippen LogP contribution in [-0.2, 0) is 19.4 Å². The molecule has 0 amide bonds. The molecule has 1 aliphatic rings. The fourth-order valence-electron chi connectivity index (χ4n) is 4.15. The number of hydrogen-bond donors (Lipinski definition) is 2. The van der Waals surface area contributed by atoms with Gasteiger partial charge in [-0.15, -0.1) is 0 Å². The van der Waals surface area contributed by atoms with E-state index in [1.54, 1.807) is 6.20 Å². The number of aromatic nitrogens is 3. The van der Waals surface area contributed by atoms with Gasteiger partial charge in [0.1, 0.15) is 17.2 Å². The lowest BCUT2D eigenvalue weighted by Gasteiger charge is -2.16. The van der Waals surface area contributed by atoms with E-state index < -0.39 is 0 Å². The molecule has 3 aromatic heterocycles. The Morgan fingerprint density at radius 3 is 2.53 bits per heavy atom. The third kappa shape index (κ3) is 3.41. The molecule has 0 spiro atoms. The van der Waals surface area contributed by atoms with Gasteiger partial charge in [-0.2, -0.15) is 0 Å². The first-order valence-corrected chi connectivity index (χ1v) is 10.3. The number of nitrogens with one attached hydrogen (secondary N) is 2. The van der Waals surface area contributed by atoms with Crippen LogP contribution in [0.15, 0.2) is 71.9 Å². The van der Waals surface area contributed by atoms with Crippen molar-refractivity contribution in [3.05, 3.63) is 88.5 Å². The van der Waals surface area contributed by atoms with Crippen LogP contribution in [0.25, 0.3) is 11.0 Å². The van der Waals surface area contributed by atoms with Crippen molar-refractivity contribution >= 4 is 28.2 Å². The van der Waals surface area contributed by atoms with Gasteiger partial charge in [-0.05, 0) is 49.1 Å². The molecule has 6 heteroatoms. The quantitative estimate of drug-likeness (QED) is 0.530. The van der Waals surface area contributed by atoms with Gasteiger partial charge in [-0.25, -0.2) is 9.97 Å². The number of benzene rings is 1. The normalized spacial score (nSPS) is 13.4. The third-order valence-corrected chi connectivity index (χ3v) is 5.60. The van der Waals surface area contributed by atoms with Crippen molar-refractivity contribution in [3.63, 3.8) is 0 Å². The molecule has 2 N–H and O–H groups in total. The Bertz CT molecular complexity index is 1240. The Labute approximate surface area is 174 Å². The zero-order valence-electron chi connectivity index (χ0n) is 16.8. The summed E-state index contributed by atoms with van der Waals surface area (Å²) >= 11 is 0. The van der Waals surface area contributed by atoms with E-state index in [2.05, 4.69) is 44.9 Å². The second-order valence-electron chi connectivity index (χ2n) is 7.61. The first-order valence-electron chi connectivity index (χ1n) is 10.3. The van der Waals surface area contributed by atoms with Gasteiger partial charge in [-0.3, -0.25) is 4.79 Å². The summed E-state index contributed by atoms with van der Waals surface area (Å²) in [4.78, 5) is 22.1. The predicted octanol–water partition coefficient (Wildman–Crippen LogP) is 4.13. The van der Waals surface area contributed by atoms with Gasteiger partial charge >= 0.3 is 0 Å². The minimum absolute atomic E-state index is 0.0776. The van der Waals surface area contributed by atoms with E-state index in [1.807, 2.05) is 48.1 Å². The van der Waals surface area contributed by atoms with Crippen LogP contribution < -0.4 is 16.1 Å². The number of nitrogens with zero attached hydrogens (tertiary/aromatic N) is 3. The summed E-state index contributed by atoms with van der Waals surface area (Å²) in [7, 11) is 0. The third-order valence-electron chi connectivity index (χ3n) is 5.60. The summed E-state index contributed by atoms with van der Waals surface area (Å²) in [5, 5.41) is 7.32. The standard InChI is InChI=1S/C24H23N5O/c1-2-29-15-21(28-22-9-5-6-10-25-22)23(30)20-13-19(14-26-24(20)29)27-18-11-16-7-3-4-8-17(16)12-18/h3-10,13-15,18,27H,2,11-12H2,1H3,(H,25,28). The zero-order chi connectivity index (χ0) is 20.5. The molecule has 1 aromatic carbocycles. The SMILES string of the molecule is CCn1cc(Nc2ccccn2)c(=O)c2cc(NC3Cc4ccccc4C3)cnc21.